The molecule has 20 heavy (non-hydrogen) atoms. The molecule has 118 valence electrons. The Morgan fingerprint density at radius 2 is 2.00 bits per heavy atom. The SMILES string of the molecule is CCCNC(CC)C(C)N1CCC2C(CCCN2C)C1. The molecule has 4 atom stereocenters. The zero-order valence-corrected chi connectivity index (χ0v) is 14.1. The monoisotopic (exact) mass is 281 g/mol. The molecule has 2 fully saturated rings. The predicted molar refractivity (Wildman–Crippen MR) is 87.2 cm³/mol. The van der Waals surface area contributed by atoms with Crippen LogP contribution < -0.4 is 5.32 Å². The molecule has 0 saturated carbocycles. The zero-order valence-electron chi connectivity index (χ0n) is 14.1. The molecule has 3 heteroatoms. The maximum atomic E-state index is 3.74. The summed E-state index contributed by atoms with van der Waals surface area (Å²) >= 11 is 0. The first kappa shape index (κ1) is 16.3. The topological polar surface area (TPSA) is 18.5 Å². The number of nitrogens with zero attached hydrogens (tertiary/aromatic N) is 2. The maximum absolute atomic E-state index is 3.74. The summed E-state index contributed by atoms with van der Waals surface area (Å²) in [5, 5.41) is 3.74. The molecule has 1 N–H and O–H groups in total. The summed E-state index contributed by atoms with van der Waals surface area (Å²) in [6, 6.07) is 2.20. The number of likely N-dealkylation sites (tertiary alicyclic amines) is 2. The number of nitrogens with one attached hydrogen (secondary N) is 1. The van der Waals surface area contributed by atoms with Crippen molar-refractivity contribution in [2.24, 2.45) is 5.92 Å². The fourth-order valence-electron chi connectivity index (χ4n) is 4.29. The number of hydrogen-bond donors (Lipinski definition) is 1. The van der Waals surface area contributed by atoms with E-state index < -0.39 is 0 Å². The fraction of sp³-hybridized carbons (Fsp3) is 1.00. The summed E-state index contributed by atoms with van der Waals surface area (Å²) in [6.07, 6.45) is 6.68. The van der Waals surface area contributed by atoms with Gasteiger partial charge in [0.25, 0.3) is 0 Å². The van der Waals surface area contributed by atoms with Gasteiger partial charge in [-0.2, -0.15) is 0 Å². The van der Waals surface area contributed by atoms with Gasteiger partial charge in [0.05, 0.1) is 0 Å². The van der Waals surface area contributed by atoms with Gasteiger partial charge < -0.3 is 10.2 Å². The van der Waals surface area contributed by atoms with E-state index in [1.807, 2.05) is 0 Å². The van der Waals surface area contributed by atoms with Crippen LogP contribution in [0.3, 0.4) is 0 Å². The van der Waals surface area contributed by atoms with Crippen molar-refractivity contribution in [2.75, 3.05) is 33.2 Å². The van der Waals surface area contributed by atoms with Gasteiger partial charge in [0, 0.05) is 24.7 Å². The first-order valence-electron chi connectivity index (χ1n) is 8.85. The summed E-state index contributed by atoms with van der Waals surface area (Å²) in [5.41, 5.74) is 0. The van der Waals surface area contributed by atoms with Crippen molar-refractivity contribution in [1.29, 1.82) is 0 Å². The highest BCUT2D eigenvalue weighted by Gasteiger charge is 2.36. The molecule has 0 radical (unpaired) electrons. The Balaban J connectivity index is 1.89. The van der Waals surface area contributed by atoms with E-state index in [4.69, 9.17) is 0 Å². The lowest BCUT2D eigenvalue weighted by Gasteiger charge is -2.48. The van der Waals surface area contributed by atoms with Crippen LogP contribution in [0.4, 0.5) is 0 Å². The predicted octanol–water partition coefficient (Wildman–Crippen LogP) is 2.57. The summed E-state index contributed by atoms with van der Waals surface area (Å²) in [7, 11) is 2.33. The van der Waals surface area contributed by atoms with Gasteiger partial charge in [-0.15, -0.1) is 0 Å². The third-order valence-corrected chi connectivity index (χ3v) is 5.63. The lowest BCUT2D eigenvalue weighted by Crippen LogP contribution is -2.57. The molecular weight excluding hydrogens is 246 g/mol. The Hall–Kier alpha value is -0.120. The average Bonchev–Trinajstić information content (AvgIpc) is 2.47. The van der Waals surface area contributed by atoms with Gasteiger partial charge in [-0.05, 0) is 71.6 Å². The molecule has 0 aromatic rings. The van der Waals surface area contributed by atoms with Crippen LogP contribution in [0.25, 0.3) is 0 Å². The number of hydrogen-bond acceptors (Lipinski definition) is 3. The summed E-state index contributed by atoms with van der Waals surface area (Å²) in [5.74, 6) is 0.911. The van der Waals surface area contributed by atoms with Gasteiger partial charge in [-0.1, -0.05) is 13.8 Å². The second-order valence-electron chi connectivity index (χ2n) is 6.94. The van der Waals surface area contributed by atoms with Crippen LogP contribution in [0.1, 0.15) is 52.9 Å². The van der Waals surface area contributed by atoms with E-state index in [1.54, 1.807) is 0 Å². The fourth-order valence-corrected chi connectivity index (χ4v) is 4.29. The highest BCUT2D eigenvalue weighted by Crippen LogP contribution is 2.30. The Morgan fingerprint density at radius 1 is 1.20 bits per heavy atom. The standard InChI is InChI=1S/C17H35N3/c1-5-10-18-16(6-2)14(3)20-12-9-17-15(13-20)8-7-11-19(17)4/h14-18H,5-13H2,1-4H3. The molecule has 0 spiro atoms. The molecule has 2 aliphatic rings. The summed E-state index contributed by atoms with van der Waals surface area (Å²) < 4.78 is 0. The minimum Gasteiger partial charge on any atom is -0.312 e. The van der Waals surface area contributed by atoms with Gasteiger partial charge in [-0.3, -0.25) is 4.90 Å². The van der Waals surface area contributed by atoms with Crippen molar-refractivity contribution in [3.8, 4) is 0 Å². The van der Waals surface area contributed by atoms with E-state index in [0.717, 1.165) is 18.5 Å². The highest BCUT2D eigenvalue weighted by molar-refractivity contribution is 4.92. The Bertz CT molecular complexity index is 281. The minimum atomic E-state index is 0.660. The van der Waals surface area contributed by atoms with E-state index in [0.29, 0.717) is 12.1 Å². The largest absolute Gasteiger partial charge is 0.312 e. The molecule has 0 amide bonds. The van der Waals surface area contributed by atoms with Crippen molar-refractivity contribution in [3.05, 3.63) is 0 Å². The Morgan fingerprint density at radius 3 is 2.70 bits per heavy atom. The molecule has 0 aromatic heterocycles. The van der Waals surface area contributed by atoms with E-state index in [-0.39, 0.29) is 0 Å². The van der Waals surface area contributed by atoms with Gasteiger partial charge in [0.15, 0.2) is 0 Å². The highest BCUT2D eigenvalue weighted by atomic mass is 15.2. The summed E-state index contributed by atoms with van der Waals surface area (Å²) in [4.78, 5) is 5.37. The second-order valence-corrected chi connectivity index (χ2v) is 6.94. The first-order valence-corrected chi connectivity index (χ1v) is 8.85. The molecule has 2 heterocycles. The van der Waals surface area contributed by atoms with Crippen molar-refractivity contribution < 1.29 is 0 Å². The van der Waals surface area contributed by atoms with Gasteiger partial charge in [0.1, 0.15) is 0 Å². The molecule has 2 rings (SSSR count). The quantitative estimate of drug-likeness (QED) is 0.807. The van der Waals surface area contributed by atoms with Crippen molar-refractivity contribution >= 4 is 0 Å². The van der Waals surface area contributed by atoms with Gasteiger partial charge >= 0.3 is 0 Å². The summed E-state index contributed by atoms with van der Waals surface area (Å²) in [6.45, 7) is 12.1. The van der Waals surface area contributed by atoms with Crippen molar-refractivity contribution in [1.82, 2.24) is 15.1 Å². The Labute approximate surface area is 126 Å². The van der Waals surface area contributed by atoms with E-state index in [9.17, 15) is 0 Å². The maximum Gasteiger partial charge on any atom is 0.0221 e. The smallest absolute Gasteiger partial charge is 0.0221 e. The number of fused-ring (bicyclic) bond motifs is 1. The average molecular weight is 281 g/mol. The van der Waals surface area contributed by atoms with Gasteiger partial charge in [0.2, 0.25) is 0 Å². The first-order chi connectivity index (χ1) is 9.67. The van der Waals surface area contributed by atoms with Crippen LogP contribution in [0.5, 0.6) is 0 Å². The van der Waals surface area contributed by atoms with Crippen LogP contribution in [-0.4, -0.2) is 61.2 Å². The van der Waals surface area contributed by atoms with Crippen LogP contribution >= 0.6 is 0 Å². The molecule has 0 aromatic carbocycles. The lowest BCUT2D eigenvalue weighted by molar-refractivity contribution is 0.0156. The third-order valence-electron chi connectivity index (χ3n) is 5.63. The van der Waals surface area contributed by atoms with Crippen LogP contribution in [0.15, 0.2) is 0 Å². The second kappa shape index (κ2) is 7.77. The Kier molecular flexibility index (Phi) is 6.31. The zero-order chi connectivity index (χ0) is 14.5. The third kappa shape index (κ3) is 3.75. The van der Waals surface area contributed by atoms with E-state index >= 15 is 0 Å². The van der Waals surface area contributed by atoms with Crippen molar-refractivity contribution in [3.63, 3.8) is 0 Å². The molecule has 2 saturated heterocycles. The molecular formula is C17H35N3. The molecule has 2 aliphatic heterocycles. The minimum absolute atomic E-state index is 0.660. The van der Waals surface area contributed by atoms with Crippen LogP contribution in [0.2, 0.25) is 0 Å². The van der Waals surface area contributed by atoms with E-state index in [1.165, 1.54) is 51.7 Å². The van der Waals surface area contributed by atoms with Crippen molar-refractivity contribution in [2.45, 2.75) is 71.0 Å². The lowest BCUT2D eigenvalue weighted by atomic mass is 9.83. The normalized spacial score (nSPS) is 31.8. The number of rotatable bonds is 6. The van der Waals surface area contributed by atoms with E-state index in [2.05, 4.69) is 42.9 Å². The molecule has 3 nitrogen and oxygen atoms in total. The van der Waals surface area contributed by atoms with Crippen LogP contribution in [0, 0.1) is 5.92 Å². The number of piperidine rings is 2. The van der Waals surface area contributed by atoms with Gasteiger partial charge in [-0.25, -0.2) is 0 Å². The van der Waals surface area contributed by atoms with Crippen LogP contribution in [-0.2, 0) is 0 Å². The molecule has 4 unspecified atom stereocenters. The molecule has 0 bridgehead atoms. The molecule has 0 aliphatic carbocycles.